The summed E-state index contributed by atoms with van der Waals surface area (Å²) < 4.78 is 12.8. The maximum atomic E-state index is 5.82. The Kier molecular flexibility index (Phi) is 9.41. The van der Waals surface area contributed by atoms with E-state index in [9.17, 15) is 0 Å². The van der Waals surface area contributed by atoms with Gasteiger partial charge in [-0.05, 0) is 20.3 Å². The lowest BCUT2D eigenvalue weighted by atomic mass is 10.3. The molecule has 1 aliphatic rings. The average molecular weight is 438 g/mol. The van der Waals surface area contributed by atoms with E-state index >= 15 is 0 Å². The van der Waals surface area contributed by atoms with Crippen molar-refractivity contribution < 1.29 is 9.47 Å². The quantitative estimate of drug-likeness (QED) is 0.370. The van der Waals surface area contributed by atoms with Crippen LogP contribution in [0.15, 0.2) is 11.3 Å². The molecular weight excluding hydrogens is 411 g/mol. The van der Waals surface area contributed by atoms with Crippen LogP contribution in [0.3, 0.4) is 0 Å². The monoisotopic (exact) mass is 438 g/mol. The SMILES string of the molecule is CCNC(=NCc1ncnn1C)NC(C)COC1CCOC1.I. The molecule has 2 rings (SSSR count). The molecule has 0 amide bonds. The summed E-state index contributed by atoms with van der Waals surface area (Å²) in [6.45, 7) is 7.52. The minimum Gasteiger partial charge on any atom is -0.379 e. The Morgan fingerprint density at radius 3 is 3.04 bits per heavy atom. The first-order chi connectivity index (χ1) is 10.7. The molecule has 0 aromatic carbocycles. The molecule has 132 valence electrons. The van der Waals surface area contributed by atoms with E-state index in [0.717, 1.165) is 31.4 Å². The Bertz CT molecular complexity index is 476. The normalized spacial score (nSPS) is 19.3. The number of aliphatic imine (C=N–C) groups is 1. The first kappa shape index (κ1) is 20.1. The number of ether oxygens (including phenoxy) is 2. The second-order valence-corrected chi connectivity index (χ2v) is 5.36. The van der Waals surface area contributed by atoms with Crippen molar-refractivity contribution in [1.82, 2.24) is 25.4 Å². The van der Waals surface area contributed by atoms with Crippen LogP contribution in [0.2, 0.25) is 0 Å². The molecule has 1 saturated heterocycles. The number of hydrogen-bond acceptors (Lipinski definition) is 5. The molecule has 1 aliphatic heterocycles. The average Bonchev–Trinajstić information content (AvgIpc) is 3.14. The van der Waals surface area contributed by atoms with Gasteiger partial charge in [0, 0.05) is 26.2 Å². The predicted molar refractivity (Wildman–Crippen MR) is 99.0 cm³/mol. The number of guanidine groups is 1. The first-order valence-electron chi connectivity index (χ1n) is 7.76. The number of hydrogen-bond donors (Lipinski definition) is 2. The third-order valence-corrected chi connectivity index (χ3v) is 3.38. The fraction of sp³-hybridized carbons (Fsp3) is 0.786. The summed E-state index contributed by atoms with van der Waals surface area (Å²) in [7, 11) is 1.86. The summed E-state index contributed by atoms with van der Waals surface area (Å²) in [5.41, 5.74) is 0. The summed E-state index contributed by atoms with van der Waals surface area (Å²) in [5, 5.41) is 10.6. The van der Waals surface area contributed by atoms with Crippen molar-refractivity contribution in [2.45, 2.75) is 39.0 Å². The zero-order valence-corrected chi connectivity index (χ0v) is 16.3. The van der Waals surface area contributed by atoms with Gasteiger partial charge in [-0.25, -0.2) is 9.98 Å². The molecule has 0 bridgehead atoms. The summed E-state index contributed by atoms with van der Waals surface area (Å²) >= 11 is 0. The molecule has 0 radical (unpaired) electrons. The zero-order valence-electron chi connectivity index (χ0n) is 14.0. The number of rotatable bonds is 7. The van der Waals surface area contributed by atoms with Crippen molar-refractivity contribution >= 4 is 29.9 Å². The molecule has 1 fully saturated rings. The minimum absolute atomic E-state index is 0. The van der Waals surface area contributed by atoms with Crippen LogP contribution in [0.5, 0.6) is 0 Å². The molecule has 23 heavy (non-hydrogen) atoms. The Balaban J connectivity index is 0.00000264. The van der Waals surface area contributed by atoms with Crippen LogP contribution in [0.25, 0.3) is 0 Å². The summed E-state index contributed by atoms with van der Waals surface area (Å²) in [6.07, 6.45) is 2.74. The number of nitrogens with zero attached hydrogens (tertiary/aromatic N) is 4. The van der Waals surface area contributed by atoms with Crippen molar-refractivity contribution in [1.29, 1.82) is 0 Å². The summed E-state index contributed by atoms with van der Waals surface area (Å²) in [6, 6.07) is 0.165. The molecule has 2 atom stereocenters. The molecule has 0 spiro atoms. The number of aromatic nitrogens is 3. The van der Waals surface area contributed by atoms with Gasteiger partial charge in [-0.1, -0.05) is 0 Å². The lowest BCUT2D eigenvalue weighted by Gasteiger charge is -2.19. The van der Waals surface area contributed by atoms with Gasteiger partial charge in [0.25, 0.3) is 0 Å². The van der Waals surface area contributed by atoms with Gasteiger partial charge in [-0.15, -0.1) is 24.0 Å². The molecule has 0 aliphatic carbocycles. The smallest absolute Gasteiger partial charge is 0.191 e. The highest BCUT2D eigenvalue weighted by Crippen LogP contribution is 2.08. The Morgan fingerprint density at radius 2 is 2.43 bits per heavy atom. The molecule has 2 N–H and O–H groups in total. The van der Waals surface area contributed by atoms with Crippen LogP contribution in [0, 0.1) is 0 Å². The highest BCUT2D eigenvalue weighted by molar-refractivity contribution is 14.0. The number of nitrogens with one attached hydrogen (secondary N) is 2. The number of halogens is 1. The summed E-state index contributed by atoms with van der Waals surface area (Å²) in [4.78, 5) is 8.69. The first-order valence-corrected chi connectivity index (χ1v) is 7.76. The van der Waals surface area contributed by atoms with Crippen LogP contribution in [0.4, 0.5) is 0 Å². The standard InChI is InChI=1S/C14H26N6O2.HI/c1-4-15-14(16-7-13-17-10-18-20(13)3)19-11(2)8-22-12-5-6-21-9-12;/h10-12H,4-9H2,1-3H3,(H2,15,16,19);1H. The maximum Gasteiger partial charge on any atom is 0.191 e. The Hall–Kier alpha value is -0.940. The zero-order chi connectivity index (χ0) is 15.8. The Labute approximate surface area is 154 Å². The van der Waals surface area contributed by atoms with Gasteiger partial charge in [-0.2, -0.15) is 5.10 Å². The van der Waals surface area contributed by atoms with Gasteiger partial charge in [0.1, 0.15) is 18.7 Å². The summed E-state index contributed by atoms with van der Waals surface area (Å²) in [5.74, 6) is 1.58. The third-order valence-electron chi connectivity index (χ3n) is 3.38. The molecule has 1 aromatic rings. The van der Waals surface area contributed by atoms with Gasteiger partial charge >= 0.3 is 0 Å². The highest BCUT2D eigenvalue weighted by atomic mass is 127. The number of aryl methyl sites for hydroxylation is 1. The van der Waals surface area contributed by atoms with Crippen molar-refractivity contribution in [3.8, 4) is 0 Å². The largest absolute Gasteiger partial charge is 0.379 e. The van der Waals surface area contributed by atoms with Crippen molar-refractivity contribution in [2.24, 2.45) is 12.0 Å². The third kappa shape index (κ3) is 7.00. The molecule has 8 nitrogen and oxygen atoms in total. The second kappa shape index (κ2) is 10.8. The van der Waals surface area contributed by atoms with E-state index in [1.54, 1.807) is 4.68 Å². The van der Waals surface area contributed by atoms with Crippen LogP contribution < -0.4 is 10.6 Å². The van der Waals surface area contributed by atoms with E-state index in [-0.39, 0.29) is 36.1 Å². The van der Waals surface area contributed by atoms with Gasteiger partial charge in [-0.3, -0.25) is 4.68 Å². The molecule has 2 heterocycles. The molecule has 1 aromatic heterocycles. The van der Waals surface area contributed by atoms with Crippen LogP contribution in [-0.2, 0) is 23.1 Å². The van der Waals surface area contributed by atoms with Crippen LogP contribution in [0.1, 0.15) is 26.1 Å². The maximum absolute atomic E-state index is 5.82. The van der Waals surface area contributed by atoms with Crippen molar-refractivity contribution in [3.63, 3.8) is 0 Å². The van der Waals surface area contributed by atoms with Crippen LogP contribution in [-0.4, -0.2) is 59.2 Å². The topological polar surface area (TPSA) is 85.6 Å². The van der Waals surface area contributed by atoms with Gasteiger partial charge < -0.3 is 20.1 Å². The molecule has 9 heteroatoms. The van der Waals surface area contributed by atoms with Crippen molar-refractivity contribution in [2.75, 3.05) is 26.4 Å². The molecular formula is C14H27IN6O2. The van der Waals surface area contributed by atoms with E-state index in [4.69, 9.17) is 9.47 Å². The second-order valence-electron chi connectivity index (χ2n) is 5.36. The molecule has 2 unspecified atom stereocenters. The minimum atomic E-state index is 0. The van der Waals surface area contributed by atoms with Gasteiger partial charge in [0.2, 0.25) is 0 Å². The van der Waals surface area contributed by atoms with Crippen LogP contribution >= 0.6 is 24.0 Å². The van der Waals surface area contributed by atoms with E-state index in [2.05, 4.69) is 32.6 Å². The van der Waals surface area contributed by atoms with Gasteiger partial charge in [0.05, 0.1) is 19.3 Å². The van der Waals surface area contributed by atoms with E-state index in [0.29, 0.717) is 19.8 Å². The fourth-order valence-corrected chi connectivity index (χ4v) is 2.13. The lowest BCUT2D eigenvalue weighted by Crippen LogP contribution is -2.44. The lowest BCUT2D eigenvalue weighted by molar-refractivity contribution is 0.0347. The van der Waals surface area contributed by atoms with Crippen molar-refractivity contribution in [3.05, 3.63) is 12.2 Å². The predicted octanol–water partition coefficient (Wildman–Crippen LogP) is 0.682. The van der Waals surface area contributed by atoms with E-state index < -0.39 is 0 Å². The van der Waals surface area contributed by atoms with E-state index in [1.807, 2.05) is 14.0 Å². The molecule has 0 saturated carbocycles. The van der Waals surface area contributed by atoms with Gasteiger partial charge in [0.15, 0.2) is 5.96 Å². The fourth-order valence-electron chi connectivity index (χ4n) is 2.13. The Morgan fingerprint density at radius 1 is 1.61 bits per heavy atom. The highest BCUT2D eigenvalue weighted by Gasteiger charge is 2.17. The van der Waals surface area contributed by atoms with E-state index in [1.165, 1.54) is 6.33 Å².